The fourth-order valence-electron chi connectivity index (χ4n) is 1.82. The zero-order chi connectivity index (χ0) is 16.0. The molecule has 0 saturated heterocycles. The molecule has 0 N–H and O–H groups in total. The Morgan fingerprint density at radius 2 is 1.86 bits per heavy atom. The van der Waals surface area contributed by atoms with Crippen LogP contribution in [0.4, 0.5) is 13.2 Å². The van der Waals surface area contributed by atoms with Crippen LogP contribution in [0.5, 0.6) is 0 Å². The van der Waals surface area contributed by atoms with Gasteiger partial charge in [-0.3, -0.25) is 0 Å². The van der Waals surface area contributed by atoms with Gasteiger partial charge in [0, 0.05) is 0 Å². The first-order chi connectivity index (χ1) is 9.51. The monoisotopic (exact) mass is 319 g/mol. The van der Waals surface area contributed by atoms with Gasteiger partial charge in [-0.1, -0.05) is 26.8 Å². The van der Waals surface area contributed by atoms with Crippen LogP contribution in [-0.2, 0) is 6.18 Å². The van der Waals surface area contributed by atoms with E-state index in [1.54, 1.807) is 20.8 Å². The van der Waals surface area contributed by atoms with E-state index in [-0.39, 0.29) is 11.3 Å². The highest BCUT2D eigenvalue weighted by atomic mass is 35.5. The number of hydrogen-bond acceptors (Lipinski definition) is 3. The summed E-state index contributed by atoms with van der Waals surface area (Å²) in [6.45, 7) is 5.31. The number of alkyl halides is 4. The largest absolute Gasteiger partial charge is 0.418 e. The summed E-state index contributed by atoms with van der Waals surface area (Å²) in [5.41, 5.74) is -2.82. The first-order valence-corrected chi connectivity index (χ1v) is 6.60. The van der Waals surface area contributed by atoms with Crippen molar-refractivity contribution < 1.29 is 17.6 Å². The molecule has 0 aliphatic carbocycles. The number of para-hydroxylation sites is 1. The van der Waals surface area contributed by atoms with Crippen molar-refractivity contribution in [1.29, 1.82) is 0 Å². The average Bonchev–Trinajstić information content (AvgIpc) is 2.34. The van der Waals surface area contributed by atoms with Crippen LogP contribution in [0.25, 0.3) is 10.9 Å². The zero-order valence-corrected chi connectivity index (χ0v) is 12.3. The minimum atomic E-state index is -4.61. The van der Waals surface area contributed by atoms with Crippen molar-refractivity contribution in [2.24, 2.45) is 5.41 Å². The number of aromatic nitrogens is 1. The van der Waals surface area contributed by atoms with Crippen molar-refractivity contribution in [3.63, 3.8) is 0 Å². The Balaban J connectivity index is 2.78. The third kappa shape index (κ3) is 3.05. The Kier molecular flexibility index (Phi) is 3.78. The van der Waals surface area contributed by atoms with Gasteiger partial charge < -0.3 is 4.42 Å². The van der Waals surface area contributed by atoms with Gasteiger partial charge in [-0.15, -0.1) is 11.6 Å². The molecule has 1 aromatic carbocycles. The molecule has 2 rings (SSSR count). The molecular formula is C14H13ClF3NO2. The van der Waals surface area contributed by atoms with Gasteiger partial charge >= 0.3 is 11.8 Å². The first kappa shape index (κ1) is 15.8. The van der Waals surface area contributed by atoms with E-state index in [9.17, 15) is 18.0 Å². The lowest BCUT2D eigenvalue weighted by molar-refractivity contribution is -0.136. The molecule has 0 spiro atoms. The van der Waals surface area contributed by atoms with Gasteiger partial charge in [-0.05, 0) is 17.5 Å². The molecule has 114 valence electrons. The molecular weight excluding hydrogens is 307 g/mol. The number of rotatable bonds is 1. The van der Waals surface area contributed by atoms with E-state index < -0.39 is 33.7 Å². The Bertz CT molecular complexity index is 732. The summed E-state index contributed by atoms with van der Waals surface area (Å²) in [5.74, 6) is -0.210. The van der Waals surface area contributed by atoms with Crippen molar-refractivity contribution in [2.45, 2.75) is 32.3 Å². The smallest absolute Gasteiger partial charge is 0.406 e. The quantitative estimate of drug-likeness (QED) is 0.725. The summed E-state index contributed by atoms with van der Waals surface area (Å²) < 4.78 is 44.0. The number of hydrogen-bond donors (Lipinski definition) is 0. The average molecular weight is 320 g/mol. The molecule has 7 heteroatoms. The number of benzene rings is 1. The molecule has 1 atom stereocenters. The molecule has 3 nitrogen and oxygen atoms in total. The first-order valence-electron chi connectivity index (χ1n) is 6.17. The van der Waals surface area contributed by atoms with Gasteiger partial charge in [0.15, 0.2) is 0 Å². The molecule has 1 heterocycles. The van der Waals surface area contributed by atoms with Gasteiger partial charge in [-0.25, -0.2) is 9.78 Å². The van der Waals surface area contributed by atoms with Gasteiger partial charge in [0.05, 0.1) is 16.5 Å². The summed E-state index contributed by atoms with van der Waals surface area (Å²) in [5, 5.41) is -1.04. The normalized spacial score (nSPS) is 14.4. The maximum atomic E-state index is 13.0. The van der Waals surface area contributed by atoms with Crippen LogP contribution in [0.3, 0.4) is 0 Å². The minimum absolute atomic E-state index is 0.210. The second-order valence-electron chi connectivity index (χ2n) is 5.77. The van der Waals surface area contributed by atoms with Gasteiger partial charge in [0.1, 0.15) is 5.38 Å². The molecule has 0 aliphatic heterocycles. The molecule has 2 aromatic rings. The standard InChI is InChI=1S/C14H13ClF3NO2/c1-13(2,3)10(15)11-19-9-7(12(20)21-11)5-4-6-8(9)14(16,17)18/h4-6,10H,1-3H3. The Morgan fingerprint density at radius 1 is 1.24 bits per heavy atom. The van der Waals surface area contributed by atoms with Crippen LogP contribution in [0.1, 0.15) is 37.6 Å². The van der Waals surface area contributed by atoms with Crippen molar-refractivity contribution in [1.82, 2.24) is 4.98 Å². The number of nitrogens with zero attached hydrogens (tertiary/aromatic N) is 1. The molecule has 0 radical (unpaired) electrons. The summed E-state index contributed by atoms with van der Waals surface area (Å²) in [4.78, 5) is 15.7. The molecule has 0 fully saturated rings. The van der Waals surface area contributed by atoms with Crippen molar-refractivity contribution in [3.05, 3.63) is 40.1 Å². The lowest BCUT2D eigenvalue weighted by atomic mass is 9.91. The molecule has 1 aromatic heterocycles. The third-order valence-electron chi connectivity index (χ3n) is 2.96. The Labute approximate surface area is 123 Å². The zero-order valence-electron chi connectivity index (χ0n) is 11.6. The highest BCUT2D eigenvalue weighted by molar-refractivity contribution is 6.20. The van der Waals surface area contributed by atoms with Crippen LogP contribution in [0, 0.1) is 5.41 Å². The van der Waals surface area contributed by atoms with Crippen LogP contribution < -0.4 is 5.63 Å². The fraction of sp³-hybridized carbons (Fsp3) is 0.429. The van der Waals surface area contributed by atoms with E-state index in [0.717, 1.165) is 12.1 Å². The Morgan fingerprint density at radius 3 is 2.38 bits per heavy atom. The Hall–Kier alpha value is -1.56. The van der Waals surface area contributed by atoms with E-state index in [1.807, 2.05) is 0 Å². The second kappa shape index (κ2) is 5.02. The fourth-order valence-corrected chi connectivity index (χ4v) is 1.91. The third-order valence-corrected chi connectivity index (χ3v) is 3.80. The van der Waals surface area contributed by atoms with Crippen LogP contribution in [0.15, 0.2) is 27.4 Å². The summed E-state index contributed by atoms with van der Waals surface area (Å²) >= 11 is 6.14. The molecule has 0 aliphatic rings. The van der Waals surface area contributed by atoms with Gasteiger partial charge in [-0.2, -0.15) is 13.2 Å². The SMILES string of the molecule is CC(C)(C)C(Cl)c1nc2c(C(F)(F)F)cccc2c(=O)o1. The molecule has 0 saturated carbocycles. The highest BCUT2D eigenvalue weighted by Gasteiger charge is 2.35. The molecule has 21 heavy (non-hydrogen) atoms. The number of halogens is 4. The van der Waals surface area contributed by atoms with Gasteiger partial charge in [0.2, 0.25) is 5.89 Å². The van der Waals surface area contributed by atoms with Crippen molar-refractivity contribution >= 4 is 22.5 Å². The van der Waals surface area contributed by atoms with Crippen molar-refractivity contribution in [2.75, 3.05) is 0 Å². The van der Waals surface area contributed by atoms with Crippen LogP contribution >= 0.6 is 11.6 Å². The summed E-state index contributed by atoms with van der Waals surface area (Å²) in [7, 11) is 0. The van der Waals surface area contributed by atoms with Crippen LogP contribution in [-0.4, -0.2) is 4.98 Å². The topological polar surface area (TPSA) is 43.1 Å². The van der Waals surface area contributed by atoms with E-state index >= 15 is 0 Å². The lowest BCUT2D eigenvalue weighted by Crippen LogP contribution is -2.18. The number of fused-ring (bicyclic) bond motifs is 1. The molecule has 1 unspecified atom stereocenters. The molecule has 0 amide bonds. The minimum Gasteiger partial charge on any atom is -0.406 e. The van der Waals surface area contributed by atoms with Crippen molar-refractivity contribution in [3.8, 4) is 0 Å². The van der Waals surface area contributed by atoms with Crippen LogP contribution in [0.2, 0.25) is 0 Å². The van der Waals surface area contributed by atoms with E-state index in [0.29, 0.717) is 0 Å². The summed E-state index contributed by atoms with van der Waals surface area (Å²) in [6.07, 6.45) is -4.61. The van der Waals surface area contributed by atoms with E-state index in [1.165, 1.54) is 6.07 Å². The summed E-state index contributed by atoms with van der Waals surface area (Å²) in [6, 6.07) is 3.26. The van der Waals surface area contributed by atoms with E-state index in [4.69, 9.17) is 16.0 Å². The lowest BCUT2D eigenvalue weighted by Gasteiger charge is -2.23. The molecule has 0 bridgehead atoms. The second-order valence-corrected chi connectivity index (χ2v) is 6.20. The highest BCUT2D eigenvalue weighted by Crippen LogP contribution is 2.38. The maximum Gasteiger partial charge on any atom is 0.418 e. The predicted octanol–water partition coefficient (Wildman–Crippen LogP) is 4.53. The maximum absolute atomic E-state index is 13.0. The van der Waals surface area contributed by atoms with Gasteiger partial charge in [0.25, 0.3) is 0 Å². The van der Waals surface area contributed by atoms with E-state index in [2.05, 4.69) is 4.98 Å². The predicted molar refractivity (Wildman–Crippen MR) is 73.3 cm³/mol.